The van der Waals surface area contributed by atoms with Crippen molar-refractivity contribution in [3.63, 3.8) is 0 Å². The van der Waals surface area contributed by atoms with E-state index in [1.54, 1.807) is 6.20 Å². The summed E-state index contributed by atoms with van der Waals surface area (Å²) in [5, 5.41) is 0. The predicted molar refractivity (Wildman–Crippen MR) is 116 cm³/mol. The molecule has 1 atom stereocenters. The molecule has 1 amide bonds. The first-order valence-electron chi connectivity index (χ1n) is 11.0. The number of aromatic nitrogens is 2. The van der Waals surface area contributed by atoms with Crippen molar-refractivity contribution in [2.75, 3.05) is 39.0 Å². The van der Waals surface area contributed by atoms with E-state index in [0.29, 0.717) is 23.4 Å². The Balaban J connectivity index is 1.56. The zero-order valence-electron chi connectivity index (χ0n) is 18.1. The van der Waals surface area contributed by atoms with Gasteiger partial charge in [-0.25, -0.2) is 9.97 Å². The third-order valence-electron chi connectivity index (χ3n) is 6.55. The molecule has 1 aromatic heterocycles. The molecular weight excluding hydrogens is 419 g/mol. The molecule has 2 N–H and O–H groups in total. The molecule has 2 aliphatic heterocycles. The van der Waals surface area contributed by atoms with Crippen LogP contribution in [0.5, 0.6) is 0 Å². The predicted octanol–water partition coefficient (Wildman–Crippen LogP) is 3.79. The molecule has 1 aromatic carbocycles. The highest BCUT2D eigenvalue weighted by Crippen LogP contribution is 2.36. The Bertz CT molecular complexity index is 955. The van der Waals surface area contributed by atoms with E-state index in [1.807, 2.05) is 4.90 Å². The van der Waals surface area contributed by atoms with Crippen LogP contribution in [-0.2, 0) is 11.0 Å². The fourth-order valence-electron chi connectivity index (χ4n) is 4.70. The largest absolute Gasteiger partial charge is 0.416 e. The molecule has 2 saturated heterocycles. The van der Waals surface area contributed by atoms with Crippen LogP contribution in [0, 0.1) is 5.92 Å². The van der Waals surface area contributed by atoms with Gasteiger partial charge in [-0.3, -0.25) is 4.79 Å². The smallest absolute Gasteiger partial charge is 0.368 e. The number of benzene rings is 1. The van der Waals surface area contributed by atoms with Crippen molar-refractivity contribution in [3.8, 4) is 11.1 Å². The van der Waals surface area contributed by atoms with E-state index in [0.717, 1.165) is 57.5 Å². The average molecular weight is 448 g/mol. The quantitative estimate of drug-likeness (QED) is 0.775. The van der Waals surface area contributed by atoms with Crippen LogP contribution < -0.4 is 5.73 Å². The van der Waals surface area contributed by atoms with Gasteiger partial charge in [-0.05, 0) is 63.5 Å². The Morgan fingerprint density at radius 2 is 1.78 bits per heavy atom. The summed E-state index contributed by atoms with van der Waals surface area (Å²) >= 11 is 0. The van der Waals surface area contributed by atoms with Gasteiger partial charge in [0, 0.05) is 36.7 Å². The van der Waals surface area contributed by atoms with Gasteiger partial charge < -0.3 is 15.5 Å². The highest BCUT2D eigenvalue weighted by molar-refractivity contribution is 5.79. The van der Waals surface area contributed by atoms with Crippen LogP contribution in [0.4, 0.5) is 19.1 Å². The monoisotopic (exact) mass is 447 g/mol. The molecule has 4 rings (SSSR count). The standard InChI is InChI=1S/C23H28F3N5O/c1-30-11-8-16(9-12-30)21(32)31-10-2-3-17(14-31)20-19(13-28-22(27)29-20)15-4-6-18(7-5-15)23(24,25)26/h4-7,13,16-17H,2-3,8-12,14H2,1H3,(H2,27,28,29)/t17-/m1/s1. The fraction of sp³-hybridized carbons (Fsp3) is 0.522. The minimum absolute atomic E-state index is 0.0402. The van der Waals surface area contributed by atoms with Crippen molar-refractivity contribution in [2.45, 2.75) is 37.8 Å². The summed E-state index contributed by atoms with van der Waals surface area (Å²) in [5.74, 6) is 0.326. The van der Waals surface area contributed by atoms with E-state index in [2.05, 4.69) is 21.9 Å². The van der Waals surface area contributed by atoms with Crippen molar-refractivity contribution in [1.29, 1.82) is 0 Å². The summed E-state index contributed by atoms with van der Waals surface area (Å²) in [7, 11) is 2.07. The summed E-state index contributed by atoms with van der Waals surface area (Å²) < 4.78 is 38.9. The van der Waals surface area contributed by atoms with Crippen molar-refractivity contribution in [2.24, 2.45) is 5.92 Å². The van der Waals surface area contributed by atoms with Crippen LogP contribution in [0.1, 0.15) is 42.9 Å². The lowest BCUT2D eigenvalue weighted by Crippen LogP contribution is -2.45. The number of likely N-dealkylation sites (tertiary alicyclic amines) is 2. The Morgan fingerprint density at radius 1 is 1.09 bits per heavy atom. The average Bonchev–Trinajstić information content (AvgIpc) is 2.79. The molecule has 2 aromatic rings. The number of rotatable bonds is 3. The number of hydrogen-bond donors (Lipinski definition) is 1. The molecule has 172 valence electrons. The molecule has 32 heavy (non-hydrogen) atoms. The maximum atomic E-state index is 13.1. The van der Waals surface area contributed by atoms with Gasteiger partial charge in [0.05, 0.1) is 11.3 Å². The Labute approximate surface area is 185 Å². The molecule has 3 heterocycles. The number of carbonyl (C=O) groups is 1. The van der Waals surface area contributed by atoms with Crippen LogP contribution >= 0.6 is 0 Å². The van der Waals surface area contributed by atoms with Crippen LogP contribution in [0.2, 0.25) is 0 Å². The second-order valence-corrected chi connectivity index (χ2v) is 8.80. The van der Waals surface area contributed by atoms with Crippen molar-refractivity contribution >= 4 is 11.9 Å². The van der Waals surface area contributed by atoms with Gasteiger partial charge in [-0.1, -0.05) is 12.1 Å². The highest BCUT2D eigenvalue weighted by Gasteiger charge is 2.33. The molecule has 0 aliphatic carbocycles. The zero-order valence-corrected chi connectivity index (χ0v) is 18.1. The number of alkyl halides is 3. The Kier molecular flexibility index (Phi) is 6.37. The van der Waals surface area contributed by atoms with Crippen molar-refractivity contribution in [1.82, 2.24) is 19.8 Å². The van der Waals surface area contributed by atoms with E-state index >= 15 is 0 Å². The molecule has 0 saturated carbocycles. The summed E-state index contributed by atoms with van der Waals surface area (Å²) in [6, 6.07) is 5.00. The van der Waals surface area contributed by atoms with Crippen LogP contribution in [0.15, 0.2) is 30.5 Å². The molecule has 0 bridgehead atoms. The minimum Gasteiger partial charge on any atom is -0.368 e. The lowest BCUT2D eigenvalue weighted by molar-refractivity contribution is -0.138. The highest BCUT2D eigenvalue weighted by atomic mass is 19.4. The van der Waals surface area contributed by atoms with Gasteiger partial charge in [0.1, 0.15) is 0 Å². The van der Waals surface area contributed by atoms with Gasteiger partial charge in [0.2, 0.25) is 11.9 Å². The van der Waals surface area contributed by atoms with Gasteiger partial charge in [0.25, 0.3) is 0 Å². The van der Waals surface area contributed by atoms with Gasteiger partial charge in [0.15, 0.2) is 0 Å². The third kappa shape index (κ3) is 4.87. The summed E-state index contributed by atoms with van der Waals surface area (Å²) in [4.78, 5) is 25.8. The lowest BCUT2D eigenvalue weighted by atomic mass is 9.88. The molecular formula is C23H28F3N5O. The number of amides is 1. The van der Waals surface area contributed by atoms with Gasteiger partial charge in [-0.15, -0.1) is 0 Å². The first kappa shape index (κ1) is 22.5. The van der Waals surface area contributed by atoms with Crippen LogP contribution in [0.3, 0.4) is 0 Å². The van der Waals surface area contributed by atoms with Crippen molar-refractivity contribution < 1.29 is 18.0 Å². The topological polar surface area (TPSA) is 75.4 Å². The third-order valence-corrected chi connectivity index (χ3v) is 6.55. The second-order valence-electron chi connectivity index (χ2n) is 8.80. The van der Waals surface area contributed by atoms with E-state index in [1.165, 1.54) is 12.1 Å². The molecule has 2 aliphatic rings. The minimum atomic E-state index is -4.39. The number of nitrogens with two attached hydrogens (primary N) is 1. The zero-order chi connectivity index (χ0) is 22.9. The number of piperidine rings is 2. The number of halogens is 3. The van der Waals surface area contributed by atoms with E-state index in [4.69, 9.17) is 5.73 Å². The number of carbonyl (C=O) groups excluding carboxylic acids is 1. The summed E-state index contributed by atoms with van der Waals surface area (Å²) in [6.45, 7) is 3.11. The lowest BCUT2D eigenvalue weighted by Gasteiger charge is -2.37. The molecule has 9 heteroatoms. The Hall–Kier alpha value is -2.68. The van der Waals surface area contributed by atoms with Gasteiger partial charge >= 0.3 is 6.18 Å². The maximum absolute atomic E-state index is 13.1. The molecule has 0 spiro atoms. The second kappa shape index (κ2) is 9.05. The maximum Gasteiger partial charge on any atom is 0.416 e. The normalized spacial score (nSPS) is 21.0. The summed E-state index contributed by atoms with van der Waals surface area (Å²) in [6.07, 6.45) is 0.595. The Morgan fingerprint density at radius 3 is 2.44 bits per heavy atom. The fourth-order valence-corrected chi connectivity index (χ4v) is 4.70. The number of nitrogens with zero attached hydrogens (tertiary/aromatic N) is 4. The van der Waals surface area contributed by atoms with E-state index in [-0.39, 0.29) is 23.7 Å². The van der Waals surface area contributed by atoms with Crippen LogP contribution in [0.25, 0.3) is 11.1 Å². The SMILES string of the molecule is CN1CCC(C(=O)N2CCC[C@@H](c3nc(N)ncc3-c3ccc(C(F)(F)F)cc3)C2)CC1. The van der Waals surface area contributed by atoms with Gasteiger partial charge in [-0.2, -0.15) is 13.2 Å². The first-order valence-corrected chi connectivity index (χ1v) is 11.0. The number of hydrogen-bond acceptors (Lipinski definition) is 5. The van der Waals surface area contributed by atoms with E-state index < -0.39 is 11.7 Å². The molecule has 0 unspecified atom stereocenters. The van der Waals surface area contributed by atoms with Crippen LogP contribution in [-0.4, -0.2) is 58.9 Å². The first-order chi connectivity index (χ1) is 15.2. The molecule has 0 radical (unpaired) electrons. The van der Waals surface area contributed by atoms with Crippen molar-refractivity contribution in [3.05, 3.63) is 41.7 Å². The number of anilines is 1. The molecule has 6 nitrogen and oxygen atoms in total. The number of nitrogen functional groups attached to an aromatic ring is 1. The molecule has 2 fully saturated rings. The summed E-state index contributed by atoms with van der Waals surface area (Å²) in [5.41, 5.74) is 7.11. The van der Waals surface area contributed by atoms with E-state index in [9.17, 15) is 18.0 Å².